The second-order valence-electron chi connectivity index (χ2n) is 9.43. The summed E-state index contributed by atoms with van der Waals surface area (Å²) in [5, 5.41) is 12.5. The number of nitrogens with zero attached hydrogens (tertiary/aromatic N) is 4. The molecule has 11 heteroatoms. The average molecular weight is 618 g/mol. The van der Waals surface area contributed by atoms with E-state index in [0.717, 1.165) is 16.8 Å². The van der Waals surface area contributed by atoms with Crippen LogP contribution in [0.3, 0.4) is 0 Å². The summed E-state index contributed by atoms with van der Waals surface area (Å²) in [4.78, 5) is 12.8. The van der Waals surface area contributed by atoms with Crippen LogP contribution in [0.2, 0.25) is 5.02 Å². The fourth-order valence-electron chi connectivity index (χ4n) is 4.22. The van der Waals surface area contributed by atoms with Crippen molar-refractivity contribution in [1.82, 2.24) is 20.1 Å². The van der Waals surface area contributed by atoms with Gasteiger partial charge in [-0.05, 0) is 55.0 Å². The number of para-hydroxylation sites is 1. The Balaban J connectivity index is 1.46. The molecule has 5 rings (SSSR count). The van der Waals surface area contributed by atoms with E-state index in [1.165, 1.54) is 16.1 Å². The molecule has 0 bridgehead atoms. The first-order valence-electron chi connectivity index (χ1n) is 13.1. The molecule has 0 radical (unpaired) electrons. The van der Waals surface area contributed by atoms with Gasteiger partial charge in [0.1, 0.15) is 0 Å². The molecule has 42 heavy (non-hydrogen) atoms. The molecule has 1 amide bonds. The van der Waals surface area contributed by atoms with Gasteiger partial charge in [0.05, 0.1) is 22.9 Å². The van der Waals surface area contributed by atoms with E-state index in [1.54, 1.807) is 53.1 Å². The number of sulfonamides is 1. The van der Waals surface area contributed by atoms with Gasteiger partial charge in [0.25, 0.3) is 10.0 Å². The Morgan fingerprint density at radius 3 is 2.29 bits per heavy atom. The van der Waals surface area contributed by atoms with Gasteiger partial charge < -0.3 is 5.32 Å². The predicted octanol–water partition coefficient (Wildman–Crippen LogP) is 6.03. The SMILES string of the molecule is Cc1ccc(S(=O)(=O)N(Cc2nnc(SCC(=O)NCc3ccccc3)n2-c2ccccc2)c2cccc(Cl)c2)cc1. The summed E-state index contributed by atoms with van der Waals surface area (Å²) in [5.41, 5.74) is 3.08. The first-order valence-corrected chi connectivity index (χ1v) is 15.9. The molecule has 0 unspecified atom stereocenters. The molecule has 0 saturated heterocycles. The lowest BCUT2D eigenvalue weighted by atomic mass is 10.2. The molecule has 1 N–H and O–H groups in total. The number of hydrogen-bond donors (Lipinski definition) is 1. The van der Waals surface area contributed by atoms with E-state index in [4.69, 9.17) is 11.6 Å². The molecular formula is C31H28ClN5O3S2. The van der Waals surface area contributed by atoms with Crippen molar-refractivity contribution in [3.05, 3.63) is 131 Å². The van der Waals surface area contributed by atoms with E-state index in [9.17, 15) is 13.2 Å². The second-order valence-corrected chi connectivity index (χ2v) is 12.7. The molecule has 214 valence electrons. The number of amides is 1. The van der Waals surface area contributed by atoms with Gasteiger partial charge in [0, 0.05) is 17.3 Å². The van der Waals surface area contributed by atoms with Crippen LogP contribution in [-0.4, -0.2) is 34.8 Å². The third-order valence-corrected chi connectivity index (χ3v) is 9.32. The van der Waals surface area contributed by atoms with E-state index in [-0.39, 0.29) is 23.1 Å². The molecule has 0 spiro atoms. The van der Waals surface area contributed by atoms with Crippen LogP contribution < -0.4 is 9.62 Å². The topological polar surface area (TPSA) is 97.2 Å². The monoisotopic (exact) mass is 617 g/mol. The molecule has 1 heterocycles. The number of rotatable bonds is 11. The van der Waals surface area contributed by atoms with Crippen molar-refractivity contribution >= 4 is 45.0 Å². The normalized spacial score (nSPS) is 11.3. The van der Waals surface area contributed by atoms with Gasteiger partial charge in [0.2, 0.25) is 5.91 Å². The molecule has 0 atom stereocenters. The number of benzene rings is 4. The fourth-order valence-corrected chi connectivity index (χ4v) is 6.62. The summed E-state index contributed by atoms with van der Waals surface area (Å²) < 4.78 is 31.0. The van der Waals surface area contributed by atoms with Gasteiger partial charge in [-0.2, -0.15) is 0 Å². The lowest BCUT2D eigenvalue weighted by Crippen LogP contribution is -2.32. The maximum absolute atomic E-state index is 14.0. The maximum atomic E-state index is 14.0. The molecular weight excluding hydrogens is 590 g/mol. The molecule has 0 fully saturated rings. The molecule has 0 saturated carbocycles. The van der Waals surface area contributed by atoms with E-state index in [0.29, 0.717) is 28.2 Å². The van der Waals surface area contributed by atoms with Gasteiger partial charge in [-0.3, -0.25) is 13.7 Å². The molecule has 4 aromatic carbocycles. The summed E-state index contributed by atoms with van der Waals surface area (Å²) in [6, 6.07) is 32.4. The van der Waals surface area contributed by atoms with Crippen LogP contribution in [0.25, 0.3) is 5.69 Å². The van der Waals surface area contributed by atoms with Gasteiger partial charge in [-0.25, -0.2) is 8.42 Å². The van der Waals surface area contributed by atoms with E-state index in [2.05, 4.69) is 15.5 Å². The van der Waals surface area contributed by atoms with Crippen molar-refractivity contribution in [1.29, 1.82) is 0 Å². The minimum atomic E-state index is -4.01. The van der Waals surface area contributed by atoms with Gasteiger partial charge in [0.15, 0.2) is 11.0 Å². The Kier molecular flexibility index (Phi) is 9.26. The van der Waals surface area contributed by atoms with Crippen LogP contribution in [0.5, 0.6) is 0 Å². The molecule has 0 aliphatic carbocycles. The summed E-state index contributed by atoms with van der Waals surface area (Å²) in [7, 11) is -4.01. The van der Waals surface area contributed by atoms with E-state index >= 15 is 0 Å². The summed E-state index contributed by atoms with van der Waals surface area (Å²) in [6.07, 6.45) is 0. The Hall–Kier alpha value is -4.12. The van der Waals surface area contributed by atoms with Crippen LogP contribution in [0, 0.1) is 6.92 Å². The maximum Gasteiger partial charge on any atom is 0.264 e. The first kappa shape index (κ1) is 29.4. The number of aromatic nitrogens is 3. The second kappa shape index (κ2) is 13.2. The predicted molar refractivity (Wildman–Crippen MR) is 166 cm³/mol. The highest BCUT2D eigenvalue weighted by atomic mass is 35.5. The number of thioether (sulfide) groups is 1. The lowest BCUT2D eigenvalue weighted by Gasteiger charge is -2.25. The van der Waals surface area contributed by atoms with Gasteiger partial charge >= 0.3 is 0 Å². The van der Waals surface area contributed by atoms with Crippen molar-refractivity contribution in [2.45, 2.75) is 30.1 Å². The van der Waals surface area contributed by atoms with Crippen molar-refractivity contribution in [3.8, 4) is 5.69 Å². The zero-order valence-electron chi connectivity index (χ0n) is 22.7. The quantitative estimate of drug-likeness (QED) is 0.182. The molecule has 5 aromatic rings. The van der Waals surface area contributed by atoms with Crippen LogP contribution >= 0.6 is 23.4 Å². The number of anilines is 1. The number of carbonyl (C=O) groups excluding carboxylic acids is 1. The van der Waals surface area contributed by atoms with Crippen LogP contribution in [0.1, 0.15) is 17.0 Å². The van der Waals surface area contributed by atoms with Crippen LogP contribution in [0.4, 0.5) is 5.69 Å². The van der Waals surface area contributed by atoms with Crippen molar-refractivity contribution in [3.63, 3.8) is 0 Å². The van der Waals surface area contributed by atoms with Crippen LogP contribution in [0.15, 0.2) is 119 Å². The van der Waals surface area contributed by atoms with Crippen molar-refractivity contribution in [2.75, 3.05) is 10.1 Å². The number of carbonyl (C=O) groups is 1. The zero-order valence-corrected chi connectivity index (χ0v) is 25.1. The lowest BCUT2D eigenvalue weighted by molar-refractivity contribution is -0.118. The van der Waals surface area contributed by atoms with Crippen LogP contribution in [-0.2, 0) is 27.9 Å². The highest BCUT2D eigenvalue weighted by molar-refractivity contribution is 7.99. The minimum absolute atomic E-state index is 0.109. The Morgan fingerprint density at radius 2 is 1.60 bits per heavy atom. The summed E-state index contributed by atoms with van der Waals surface area (Å²) in [5.74, 6) is 0.330. The first-order chi connectivity index (χ1) is 20.3. The number of aryl methyl sites for hydroxylation is 1. The highest BCUT2D eigenvalue weighted by Crippen LogP contribution is 2.30. The van der Waals surface area contributed by atoms with Gasteiger partial charge in [-0.15, -0.1) is 10.2 Å². The zero-order chi connectivity index (χ0) is 29.5. The number of halogens is 1. The Bertz CT molecular complexity index is 1760. The highest BCUT2D eigenvalue weighted by Gasteiger charge is 2.28. The molecule has 0 aliphatic heterocycles. The Morgan fingerprint density at radius 1 is 0.905 bits per heavy atom. The van der Waals surface area contributed by atoms with E-state index in [1.807, 2.05) is 67.6 Å². The van der Waals surface area contributed by atoms with Crippen molar-refractivity contribution in [2.24, 2.45) is 0 Å². The molecule has 8 nitrogen and oxygen atoms in total. The molecule has 1 aromatic heterocycles. The standard InChI is InChI=1S/C31H28ClN5O3S2/c1-23-15-17-28(18-16-23)42(39,40)36(27-14-8-11-25(32)19-27)21-29-34-35-31(37(29)26-12-6-3-7-13-26)41-22-30(38)33-20-24-9-4-2-5-10-24/h2-19H,20-22H2,1H3,(H,33,38). The fraction of sp³-hybridized carbons (Fsp3) is 0.129. The largest absolute Gasteiger partial charge is 0.351 e. The summed E-state index contributed by atoms with van der Waals surface area (Å²) >= 11 is 7.50. The molecule has 0 aliphatic rings. The third kappa shape index (κ3) is 7.02. The summed E-state index contributed by atoms with van der Waals surface area (Å²) in [6.45, 7) is 2.19. The van der Waals surface area contributed by atoms with E-state index < -0.39 is 10.0 Å². The number of hydrogen-bond acceptors (Lipinski definition) is 6. The Labute approximate surface area is 254 Å². The minimum Gasteiger partial charge on any atom is -0.351 e. The van der Waals surface area contributed by atoms with Crippen molar-refractivity contribution < 1.29 is 13.2 Å². The number of nitrogens with one attached hydrogen (secondary N) is 1. The van der Waals surface area contributed by atoms with Gasteiger partial charge in [-0.1, -0.05) is 95.7 Å². The average Bonchev–Trinajstić information content (AvgIpc) is 3.41. The third-order valence-electron chi connectivity index (χ3n) is 6.37. The smallest absolute Gasteiger partial charge is 0.264 e.